The van der Waals surface area contributed by atoms with Gasteiger partial charge in [0.05, 0.1) is 0 Å². The van der Waals surface area contributed by atoms with Crippen LogP contribution in [0.15, 0.2) is 36.5 Å². The lowest BCUT2D eigenvalue weighted by atomic mass is 10.2. The van der Waals surface area contributed by atoms with Crippen molar-refractivity contribution in [3.63, 3.8) is 0 Å². The number of hydrogen-bond acceptors (Lipinski definition) is 4. The summed E-state index contributed by atoms with van der Waals surface area (Å²) in [5, 5.41) is 6.45. The summed E-state index contributed by atoms with van der Waals surface area (Å²) in [5.74, 6) is 1.20. The molecule has 1 saturated carbocycles. The molecule has 0 saturated heterocycles. The molecule has 1 heterocycles. The molecule has 1 fully saturated rings. The molecular weight excluding hydrogens is 243 g/mol. The van der Waals surface area contributed by atoms with Gasteiger partial charge in [0.15, 0.2) is 0 Å². The number of benzene rings is 1. The van der Waals surface area contributed by atoms with Crippen LogP contribution in [0.5, 0.6) is 0 Å². The summed E-state index contributed by atoms with van der Waals surface area (Å²) in [7, 11) is 0. The van der Waals surface area contributed by atoms with Crippen LogP contribution >= 0.6 is 0 Å². The maximum absolute atomic E-state index is 12.8. The van der Waals surface area contributed by atoms with Crippen LogP contribution in [-0.2, 0) is 6.54 Å². The van der Waals surface area contributed by atoms with Crippen molar-refractivity contribution in [2.45, 2.75) is 25.4 Å². The van der Waals surface area contributed by atoms with Crippen LogP contribution in [-0.4, -0.2) is 16.0 Å². The van der Waals surface area contributed by atoms with E-state index >= 15 is 0 Å². The van der Waals surface area contributed by atoms with Gasteiger partial charge in [0.1, 0.15) is 11.6 Å². The molecular formula is C14H15FN4. The molecule has 0 bridgehead atoms. The predicted octanol–water partition coefficient (Wildman–Crippen LogP) is 2.80. The summed E-state index contributed by atoms with van der Waals surface area (Å²) in [6.07, 6.45) is 4.11. The van der Waals surface area contributed by atoms with E-state index in [-0.39, 0.29) is 5.82 Å². The molecule has 0 spiro atoms. The number of aromatic nitrogens is 2. The highest BCUT2D eigenvalue weighted by atomic mass is 19.1. The zero-order valence-electron chi connectivity index (χ0n) is 10.4. The van der Waals surface area contributed by atoms with Crippen molar-refractivity contribution >= 4 is 11.8 Å². The molecule has 3 rings (SSSR count). The van der Waals surface area contributed by atoms with Crippen LogP contribution in [0.25, 0.3) is 0 Å². The average molecular weight is 258 g/mol. The second-order valence-electron chi connectivity index (χ2n) is 4.66. The predicted molar refractivity (Wildman–Crippen MR) is 72.4 cm³/mol. The van der Waals surface area contributed by atoms with Gasteiger partial charge in [0, 0.05) is 18.8 Å². The van der Waals surface area contributed by atoms with E-state index in [0.717, 1.165) is 11.4 Å². The van der Waals surface area contributed by atoms with E-state index in [2.05, 4.69) is 20.6 Å². The monoisotopic (exact) mass is 258 g/mol. The second kappa shape index (κ2) is 5.22. The fourth-order valence-electron chi connectivity index (χ4n) is 1.73. The highest BCUT2D eigenvalue weighted by molar-refractivity contribution is 5.41. The van der Waals surface area contributed by atoms with Crippen LogP contribution in [0.3, 0.4) is 0 Å². The van der Waals surface area contributed by atoms with Gasteiger partial charge in [-0.1, -0.05) is 12.1 Å². The lowest BCUT2D eigenvalue weighted by Crippen LogP contribution is -2.07. The standard InChI is InChI=1S/C14H15FN4/c15-11-3-1-10(2-4-11)9-17-13-7-8-16-14(19-13)18-12-5-6-12/h1-4,7-8,12H,5-6,9H2,(H2,16,17,18,19). The van der Waals surface area contributed by atoms with Crippen molar-refractivity contribution in [2.75, 3.05) is 10.6 Å². The highest BCUT2D eigenvalue weighted by Gasteiger charge is 2.21. The maximum atomic E-state index is 12.8. The van der Waals surface area contributed by atoms with Gasteiger partial charge < -0.3 is 10.6 Å². The summed E-state index contributed by atoms with van der Waals surface area (Å²) in [4.78, 5) is 8.55. The Hall–Kier alpha value is -2.17. The lowest BCUT2D eigenvalue weighted by Gasteiger charge is -2.07. The van der Waals surface area contributed by atoms with Crippen molar-refractivity contribution in [3.05, 3.63) is 47.9 Å². The van der Waals surface area contributed by atoms with Crippen LogP contribution in [0.2, 0.25) is 0 Å². The van der Waals surface area contributed by atoms with Crippen LogP contribution < -0.4 is 10.6 Å². The Morgan fingerprint density at radius 1 is 1.16 bits per heavy atom. The molecule has 0 aliphatic heterocycles. The summed E-state index contributed by atoms with van der Waals surface area (Å²) < 4.78 is 12.8. The third-order valence-electron chi connectivity index (χ3n) is 2.95. The third-order valence-corrected chi connectivity index (χ3v) is 2.95. The minimum atomic E-state index is -0.221. The van der Waals surface area contributed by atoms with Crippen LogP contribution in [0, 0.1) is 5.82 Å². The van der Waals surface area contributed by atoms with E-state index in [9.17, 15) is 4.39 Å². The number of nitrogens with one attached hydrogen (secondary N) is 2. The van der Waals surface area contributed by atoms with E-state index in [1.807, 2.05) is 6.07 Å². The Labute approximate surface area is 111 Å². The minimum Gasteiger partial charge on any atom is -0.366 e. The first-order valence-corrected chi connectivity index (χ1v) is 6.37. The van der Waals surface area contributed by atoms with Crippen molar-refractivity contribution < 1.29 is 4.39 Å². The summed E-state index contributed by atoms with van der Waals surface area (Å²) in [6, 6.07) is 8.78. The normalized spacial score (nSPS) is 14.2. The first kappa shape index (κ1) is 11.9. The number of anilines is 2. The molecule has 2 aromatic rings. The molecule has 5 heteroatoms. The van der Waals surface area contributed by atoms with Gasteiger partial charge in [0.2, 0.25) is 5.95 Å². The fourth-order valence-corrected chi connectivity index (χ4v) is 1.73. The minimum absolute atomic E-state index is 0.221. The van der Waals surface area contributed by atoms with E-state index in [4.69, 9.17) is 0 Å². The molecule has 1 aromatic carbocycles. The lowest BCUT2D eigenvalue weighted by molar-refractivity contribution is 0.627. The van der Waals surface area contributed by atoms with Crippen molar-refractivity contribution in [1.82, 2.24) is 9.97 Å². The number of rotatable bonds is 5. The summed E-state index contributed by atoms with van der Waals surface area (Å²) in [5.41, 5.74) is 1.01. The van der Waals surface area contributed by atoms with Crippen molar-refractivity contribution in [1.29, 1.82) is 0 Å². The molecule has 4 nitrogen and oxygen atoms in total. The summed E-state index contributed by atoms with van der Waals surface area (Å²) >= 11 is 0. The largest absolute Gasteiger partial charge is 0.366 e. The average Bonchev–Trinajstić information content (AvgIpc) is 3.23. The molecule has 0 amide bonds. The zero-order chi connectivity index (χ0) is 13.1. The Kier molecular flexibility index (Phi) is 3.27. The second-order valence-corrected chi connectivity index (χ2v) is 4.66. The smallest absolute Gasteiger partial charge is 0.224 e. The van der Waals surface area contributed by atoms with Gasteiger partial charge in [-0.05, 0) is 36.6 Å². The third kappa shape index (κ3) is 3.40. The molecule has 0 unspecified atom stereocenters. The van der Waals surface area contributed by atoms with Gasteiger partial charge in [0.25, 0.3) is 0 Å². The quantitative estimate of drug-likeness (QED) is 0.865. The van der Waals surface area contributed by atoms with Gasteiger partial charge in [-0.25, -0.2) is 9.37 Å². The number of halogens is 1. The molecule has 98 valence electrons. The van der Waals surface area contributed by atoms with E-state index in [1.54, 1.807) is 18.3 Å². The fraction of sp³-hybridized carbons (Fsp3) is 0.286. The van der Waals surface area contributed by atoms with E-state index in [0.29, 0.717) is 18.5 Å². The van der Waals surface area contributed by atoms with Gasteiger partial charge in [-0.3, -0.25) is 0 Å². The Morgan fingerprint density at radius 3 is 2.68 bits per heavy atom. The first-order chi connectivity index (χ1) is 9.29. The Balaban J connectivity index is 1.60. The van der Waals surface area contributed by atoms with E-state index < -0.39 is 0 Å². The molecule has 1 aromatic heterocycles. The van der Waals surface area contributed by atoms with Gasteiger partial charge in [-0.15, -0.1) is 0 Å². The molecule has 1 aliphatic carbocycles. The van der Waals surface area contributed by atoms with Crippen molar-refractivity contribution in [2.24, 2.45) is 0 Å². The Bertz CT molecular complexity index is 552. The highest BCUT2D eigenvalue weighted by Crippen LogP contribution is 2.23. The molecule has 1 aliphatic rings. The molecule has 2 N–H and O–H groups in total. The van der Waals surface area contributed by atoms with Gasteiger partial charge >= 0.3 is 0 Å². The first-order valence-electron chi connectivity index (χ1n) is 6.37. The van der Waals surface area contributed by atoms with Crippen molar-refractivity contribution in [3.8, 4) is 0 Å². The van der Waals surface area contributed by atoms with Crippen LogP contribution in [0.4, 0.5) is 16.2 Å². The molecule has 0 radical (unpaired) electrons. The molecule has 19 heavy (non-hydrogen) atoms. The van der Waals surface area contributed by atoms with Gasteiger partial charge in [-0.2, -0.15) is 4.98 Å². The number of hydrogen-bond donors (Lipinski definition) is 2. The number of nitrogens with zero attached hydrogens (tertiary/aromatic N) is 2. The molecule has 0 atom stereocenters. The Morgan fingerprint density at radius 2 is 1.95 bits per heavy atom. The van der Waals surface area contributed by atoms with E-state index in [1.165, 1.54) is 25.0 Å². The summed E-state index contributed by atoms with van der Waals surface area (Å²) in [6.45, 7) is 0.611. The van der Waals surface area contributed by atoms with Crippen LogP contribution in [0.1, 0.15) is 18.4 Å². The zero-order valence-corrected chi connectivity index (χ0v) is 10.4. The topological polar surface area (TPSA) is 49.8 Å². The SMILES string of the molecule is Fc1ccc(CNc2ccnc(NC3CC3)n2)cc1. The maximum Gasteiger partial charge on any atom is 0.224 e.